The number of aliphatic hydroxyl groups is 1. The van der Waals surface area contributed by atoms with Gasteiger partial charge in [-0.05, 0) is 38.3 Å². The van der Waals surface area contributed by atoms with Crippen LogP contribution in [0.15, 0.2) is 42.6 Å². The van der Waals surface area contributed by atoms with Gasteiger partial charge in [-0.25, -0.2) is 9.50 Å². The molecule has 0 spiro atoms. The fourth-order valence-electron chi connectivity index (χ4n) is 4.02. The predicted molar refractivity (Wildman–Crippen MR) is 102 cm³/mol. The van der Waals surface area contributed by atoms with Crippen molar-refractivity contribution in [2.45, 2.75) is 39.3 Å². The maximum absolute atomic E-state index is 10.5. The van der Waals surface area contributed by atoms with Crippen LogP contribution in [0, 0.1) is 19.8 Å². The van der Waals surface area contributed by atoms with Crippen LogP contribution in [0.5, 0.6) is 0 Å². The SMILES string of the molecule is Cc1cc(C)n2ncc(CN3CC[C@H](O)[C@H](Cc4ccccc4)C3)c2n1. The lowest BCUT2D eigenvalue weighted by atomic mass is 9.88. The zero-order chi connectivity index (χ0) is 18.1. The summed E-state index contributed by atoms with van der Waals surface area (Å²) in [7, 11) is 0. The zero-order valence-corrected chi connectivity index (χ0v) is 15.5. The molecule has 1 aliphatic heterocycles. The minimum atomic E-state index is -0.224. The number of rotatable bonds is 4. The van der Waals surface area contributed by atoms with E-state index in [1.807, 2.05) is 23.7 Å². The molecule has 4 rings (SSSR count). The molecular weight excluding hydrogens is 324 g/mol. The van der Waals surface area contributed by atoms with E-state index < -0.39 is 0 Å². The van der Waals surface area contributed by atoms with Crippen LogP contribution in [-0.2, 0) is 13.0 Å². The summed E-state index contributed by atoms with van der Waals surface area (Å²) in [5.74, 6) is 0.268. The Balaban J connectivity index is 1.50. The number of nitrogens with zero attached hydrogens (tertiary/aromatic N) is 4. The Morgan fingerprint density at radius 2 is 2.00 bits per heavy atom. The normalized spacial score (nSPS) is 21.3. The summed E-state index contributed by atoms with van der Waals surface area (Å²) in [5.41, 5.74) is 5.53. The number of hydrogen-bond donors (Lipinski definition) is 1. The van der Waals surface area contributed by atoms with Crippen LogP contribution in [0.25, 0.3) is 5.65 Å². The fraction of sp³-hybridized carbons (Fsp3) is 0.429. The van der Waals surface area contributed by atoms with Gasteiger partial charge in [-0.3, -0.25) is 4.90 Å². The molecule has 1 aromatic carbocycles. The molecule has 1 saturated heterocycles. The number of hydrogen-bond acceptors (Lipinski definition) is 4. The Morgan fingerprint density at radius 1 is 1.19 bits per heavy atom. The van der Waals surface area contributed by atoms with Crippen molar-refractivity contribution >= 4 is 5.65 Å². The van der Waals surface area contributed by atoms with Crippen molar-refractivity contribution < 1.29 is 5.11 Å². The molecule has 0 amide bonds. The Kier molecular flexibility index (Phi) is 4.74. The highest BCUT2D eigenvalue weighted by atomic mass is 16.3. The lowest BCUT2D eigenvalue weighted by Crippen LogP contribution is -2.43. The number of aromatic nitrogens is 3. The molecule has 3 aromatic rings. The van der Waals surface area contributed by atoms with Crippen LogP contribution >= 0.6 is 0 Å². The summed E-state index contributed by atoms with van der Waals surface area (Å²) >= 11 is 0. The van der Waals surface area contributed by atoms with E-state index in [-0.39, 0.29) is 12.0 Å². The molecule has 1 fully saturated rings. The zero-order valence-electron chi connectivity index (χ0n) is 15.5. The third-order valence-corrected chi connectivity index (χ3v) is 5.36. The van der Waals surface area contributed by atoms with Gasteiger partial charge < -0.3 is 5.11 Å². The summed E-state index contributed by atoms with van der Waals surface area (Å²) in [6.45, 7) is 6.73. The molecule has 0 saturated carbocycles. The molecule has 2 aromatic heterocycles. The van der Waals surface area contributed by atoms with E-state index in [1.54, 1.807) is 0 Å². The smallest absolute Gasteiger partial charge is 0.159 e. The average molecular weight is 350 g/mol. The van der Waals surface area contributed by atoms with Crippen LogP contribution in [0.2, 0.25) is 0 Å². The molecule has 0 unspecified atom stereocenters. The monoisotopic (exact) mass is 350 g/mol. The van der Waals surface area contributed by atoms with Crippen LogP contribution < -0.4 is 0 Å². The van der Waals surface area contributed by atoms with Crippen molar-refractivity contribution in [2.24, 2.45) is 5.92 Å². The standard InChI is InChI=1S/C21H26N4O/c1-15-10-16(2)25-21(23-15)19(12-22-25)14-24-9-8-20(26)18(13-24)11-17-6-4-3-5-7-17/h3-7,10,12,18,20,26H,8-9,11,13-14H2,1-2H3/t18-,20+/m1/s1. The van der Waals surface area contributed by atoms with E-state index in [1.165, 1.54) is 5.56 Å². The lowest BCUT2D eigenvalue weighted by Gasteiger charge is -2.36. The molecule has 1 aliphatic rings. The minimum Gasteiger partial charge on any atom is -0.393 e. The van der Waals surface area contributed by atoms with Gasteiger partial charge in [0.05, 0.1) is 12.3 Å². The van der Waals surface area contributed by atoms with Gasteiger partial charge in [-0.2, -0.15) is 5.10 Å². The van der Waals surface area contributed by atoms with E-state index >= 15 is 0 Å². The number of aryl methyl sites for hydroxylation is 2. The first kappa shape index (κ1) is 17.2. The Morgan fingerprint density at radius 3 is 2.81 bits per heavy atom. The molecule has 0 bridgehead atoms. The van der Waals surface area contributed by atoms with Crippen LogP contribution in [0.1, 0.15) is 28.9 Å². The second-order valence-electron chi connectivity index (χ2n) is 7.49. The molecule has 5 heteroatoms. The molecule has 3 heterocycles. The molecular formula is C21H26N4O. The van der Waals surface area contributed by atoms with E-state index in [0.29, 0.717) is 0 Å². The van der Waals surface area contributed by atoms with Crippen molar-refractivity contribution in [3.05, 3.63) is 65.1 Å². The maximum atomic E-state index is 10.5. The molecule has 2 atom stereocenters. The fourth-order valence-corrected chi connectivity index (χ4v) is 4.02. The Hall–Kier alpha value is -2.24. The third kappa shape index (κ3) is 3.50. The first-order chi connectivity index (χ1) is 12.6. The third-order valence-electron chi connectivity index (χ3n) is 5.36. The van der Waals surface area contributed by atoms with Gasteiger partial charge >= 0.3 is 0 Å². The first-order valence-corrected chi connectivity index (χ1v) is 9.35. The highest BCUT2D eigenvalue weighted by molar-refractivity contribution is 5.47. The molecule has 0 radical (unpaired) electrons. The first-order valence-electron chi connectivity index (χ1n) is 9.35. The molecule has 136 valence electrons. The number of fused-ring (bicyclic) bond motifs is 1. The van der Waals surface area contributed by atoms with Gasteiger partial charge in [-0.15, -0.1) is 0 Å². The Labute approximate surface area is 154 Å². The van der Waals surface area contributed by atoms with Crippen LogP contribution in [0.4, 0.5) is 0 Å². The summed E-state index contributed by atoms with van der Waals surface area (Å²) in [5, 5.41) is 15.0. The highest BCUT2D eigenvalue weighted by Gasteiger charge is 2.28. The van der Waals surface area contributed by atoms with Gasteiger partial charge in [0.1, 0.15) is 0 Å². The summed E-state index contributed by atoms with van der Waals surface area (Å²) < 4.78 is 1.92. The largest absolute Gasteiger partial charge is 0.393 e. The number of benzene rings is 1. The summed E-state index contributed by atoms with van der Waals surface area (Å²) in [6.07, 6.45) is 3.45. The second-order valence-corrected chi connectivity index (χ2v) is 7.49. The Bertz CT molecular complexity index is 890. The number of aliphatic hydroxyl groups excluding tert-OH is 1. The van der Waals surface area contributed by atoms with Gasteiger partial charge in [0.2, 0.25) is 0 Å². The number of likely N-dealkylation sites (tertiary alicyclic amines) is 1. The molecule has 1 N–H and O–H groups in total. The topological polar surface area (TPSA) is 53.7 Å². The molecule has 26 heavy (non-hydrogen) atoms. The van der Waals surface area contributed by atoms with E-state index in [2.05, 4.69) is 52.2 Å². The molecule has 0 aliphatic carbocycles. The van der Waals surface area contributed by atoms with E-state index in [4.69, 9.17) is 0 Å². The quantitative estimate of drug-likeness (QED) is 0.786. The van der Waals surface area contributed by atoms with Crippen LogP contribution in [-0.4, -0.2) is 43.8 Å². The lowest BCUT2D eigenvalue weighted by molar-refractivity contribution is 0.0240. The van der Waals surface area contributed by atoms with Gasteiger partial charge in [-0.1, -0.05) is 30.3 Å². The van der Waals surface area contributed by atoms with Crippen molar-refractivity contribution in [2.75, 3.05) is 13.1 Å². The highest BCUT2D eigenvalue weighted by Crippen LogP contribution is 2.24. The van der Waals surface area contributed by atoms with Crippen LogP contribution in [0.3, 0.4) is 0 Å². The van der Waals surface area contributed by atoms with Gasteiger partial charge in [0.15, 0.2) is 5.65 Å². The minimum absolute atomic E-state index is 0.224. The number of piperidine rings is 1. The van der Waals surface area contributed by atoms with Crippen molar-refractivity contribution in [3.63, 3.8) is 0 Å². The maximum Gasteiger partial charge on any atom is 0.159 e. The summed E-state index contributed by atoms with van der Waals surface area (Å²) in [6, 6.07) is 12.5. The van der Waals surface area contributed by atoms with E-state index in [0.717, 1.165) is 55.1 Å². The van der Waals surface area contributed by atoms with E-state index in [9.17, 15) is 5.11 Å². The summed E-state index contributed by atoms with van der Waals surface area (Å²) in [4.78, 5) is 7.12. The van der Waals surface area contributed by atoms with Crippen molar-refractivity contribution in [3.8, 4) is 0 Å². The predicted octanol–water partition coefficient (Wildman–Crippen LogP) is 2.77. The molecule has 5 nitrogen and oxygen atoms in total. The second kappa shape index (κ2) is 7.17. The van der Waals surface area contributed by atoms with Crippen molar-refractivity contribution in [1.82, 2.24) is 19.5 Å². The average Bonchev–Trinajstić information content (AvgIpc) is 3.02. The van der Waals surface area contributed by atoms with Gasteiger partial charge in [0.25, 0.3) is 0 Å². The van der Waals surface area contributed by atoms with Crippen molar-refractivity contribution in [1.29, 1.82) is 0 Å². The van der Waals surface area contributed by atoms with Gasteiger partial charge in [0, 0.05) is 42.5 Å².